The van der Waals surface area contributed by atoms with E-state index in [9.17, 15) is 4.79 Å². The summed E-state index contributed by atoms with van der Waals surface area (Å²) in [5.41, 5.74) is 1.73. The largest absolute Gasteiger partial charge is 0.395 e. The molecule has 1 aromatic heterocycles. The Morgan fingerprint density at radius 1 is 1.44 bits per heavy atom. The Kier molecular flexibility index (Phi) is 5.71. The van der Waals surface area contributed by atoms with E-state index in [4.69, 9.17) is 5.11 Å². The van der Waals surface area contributed by atoms with Crippen molar-refractivity contribution in [1.82, 2.24) is 14.5 Å². The molecule has 1 aliphatic carbocycles. The van der Waals surface area contributed by atoms with Crippen LogP contribution in [-0.2, 0) is 6.54 Å². The molecule has 1 saturated carbocycles. The summed E-state index contributed by atoms with van der Waals surface area (Å²) in [4.78, 5) is 18.7. The fourth-order valence-electron chi connectivity index (χ4n) is 2.95. The first-order valence-electron chi connectivity index (χ1n) is 9.03. The van der Waals surface area contributed by atoms with Gasteiger partial charge in [0.15, 0.2) is 0 Å². The van der Waals surface area contributed by atoms with Crippen LogP contribution >= 0.6 is 0 Å². The lowest BCUT2D eigenvalue weighted by Gasteiger charge is -2.22. The predicted molar refractivity (Wildman–Crippen MR) is 98.4 cm³/mol. The number of hydrogen-bond donors (Lipinski definition) is 2. The molecule has 0 bridgehead atoms. The van der Waals surface area contributed by atoms with E-state index in [-0.39, 0.29) is 18.7 Å². The first-order valence-corrected chi connectivity index (χ1v) is 9.03. The summed E-state index contributed by atoms with van der Waals surface area (Å²) in [5, 5.41) is 12.1. The maximum Gasteiger partial charge on any atom is 0.322 e. The normalized spacial score (nSPS) is 13.7. The molecular formula is C19H26N4O2. The van der Waals surface area contributed by atoms with Crippen LogP contribution < -0.4 is 5.32 Å². The molecule has 25 heavy (non-hydrogen) atoms. The molecule has 1 heterocycles. The SMILES string of the molecule is CCCCn1ccnc1-c1cccc(NC(=O)N(CCO)C2CC2)c1. The molecule has 1 aliphatic rings. The molecule has 0 atom stereocenters. The molecule has 6 nitrogen and oxygen atoms in total. The highest BCUT2D eigenvalue weighted by Crippen LogP contribution is 2.28. The summed E-state index contributed by atoms with van der Waals surface area (Å²) in [6, 6.07) is 7.88. The zero-order valence-corrected chi connectivity index (χ0v) is 14.7. The number of aromatic nitrogens is 2. The van der Waals surface area contributed by atoms with Gasteiger partial charge in [0.25, 0.3) is 0 Å². The number of nitrogens with zero attached hydrogens (tertiary/aromatic N) is 3. The number of benzene rings is 1. The van der Waals surface area contributed by atoms with E-state index in [1.165, 1.54) is 0 Å². The molecule has 0 saturated heterocycles. The third-order valence-electron chi connectivity index (χ3n) is 4.43. The molecule has 0 spiro atoms. The van der Waals surface area contributed by atoms with Crippen molar-refractivity contribution in [3.8, 4) is 11.4 Å². The molecule has 6 heteroatoms. The number of aliphatic hydroxyl groups is 1. The molecule has 2 aromatic rings. The number of aliphatic hydroxyl groups excluding tert-OH is 1. The second-order valence-corrected chi connectivity index (χ2v) is 6.46. The highest BCUT2D eigenvalue weighted by molar-refractivity contribution is 5.90. The van der Waals surface area contributed by atoms with Crippen molar-refractivity contribution < 1.29 is 9.90 Å². The number of nitrogens with one attached hydrogen (secondary N) is 1. The Morgan fingerprint density at radius 2 is 2.28 bits per heavy atom. The van der Waals surface area contributed by atoms with Crippen molar-refractivity contribution in [3.63, 3.8) is 0 Å². The number of rotatable bonds is 8. The van der Waals surface area contributed by atoms with E-state index in [2.05, 4.69) is 21.8 Å². The third kappa shape index (κ3) is 4.39. The minimum absolute atomic E-state index is 0.0151. The average Bonchev–Trinajstić information content (AvgIpc) is 3.35. The highest BCUT2D eigenvalue weighted by Gasteiger charge is 2.32. The number of carbonyl (C=O) groups is 1. The number of anilines is 1. The van der Waals surface area contributed by atoms with Crippen LogP contribution in [0.1, 0.15) is 32.6 Å². The van der Waals surface area contributed by atoms with Crippen molar-refractivity contribution in [2.24, 2.45) is 0 Å². The highest BCUT2D eigenvalue weighted by atomic mass is 16.3. The van der Waals surface area contributed by atoms with E-state index < -0.39 is 0 Å². The lowest BCUT2D eigenvalue weighted by molar-refractivity contribution is 0.185. The van der Waals surface area contributed by atoms with Gasteiger partial charge < -0.3 is 19.9 Å². The minimum Gasteiger partial charge on any atom is -0.395 e. The molecule has 0 unspecified atom stereocenters. The number of unbranched alkanes of at least 4 members (excludes halogenated alkanes) is 1. The Morgan fingerprint density at radius 3 is 3.00 bits per heavy atom. The van der Waals surface area contributed by atoms with Crippen LogP contribution in [0.2, 0.25) is 0 Å². The Labute approximate surface area is 148 Å². The van der Waals surface area contributed by atoms with Gasteiger partial charge in [0.05, 0.1) is 6.61 Å². The van der Waals surface area contributed by atoms with Crippen molar-refractivity contribution in [1.29, 1.82) is 0 Å². The van der Waals surface area contributed by atoms with Crippen LogP contribution in [0, 0.1) is 0 Å². The number of imidazole rings is 1. The first-order chi connectivity index (χ1) is 12.2. The summed E-state index contributed by atoms with van der Waals surface area (Å²) in [6.07, 6.45) is 8.08. The van der Waals surface area contributed by atoms with E-state index in [1.54, 1.807) is 4.90 Å². The van der Waals surface area contributed by atoms with Crippen LogP contribution in [0.15, 0.2) is 36.7 Å². The molecule has 3 rings (SSSR count). The minimum atomic E-state index is -0.150. The smallest absolute Gasteiger partial charge is 0.322 e. The molecule has 2 amide bonds. The van der Waals surface area contributed by atoms with Gasteiger partial charge in [-0.2, -0.15) is 0 Å². The first kappa shape index (κ1) is 17.5. The topological polar surface area (TPSA) is 70.4 Å². The number of urea groups is 1. The average molecular weight is 342 g/mol. The molecule has 1 fully saturated rings. The summed E-state index contributed by atoms with van der Waals surface area (Å²) < 4.78 is 2.15. The van der Waals surface area contributed by atoms with Gasteiger partial charge in [0.2, 0.25) is 0 Å². The Balaban J connectivity index is 1.73. The van der Waals surface area contributed by atoms with Gasteiger partial charge in [-0.05, 0) is 31.4 Å². The van der Waals surface area contributed by atoms with E-state index in [0.717, 1.165) is 49.3 Å². The van der Waals surface area contributed by atoms with Gasteiger partial charge in [-0.1, -0.05) is 25.5 Å². The summed E-state index contributed by atoms with van der Waals surface area (Å²) in [7, 11) is 0. The van der Waals surface area contributed by atoms with E-state index in [1.807, 2.05) is 36.7 Å². The predicted octanol–water partition coefficient (Wildman–Crippen LogP) is 3.34. The summed E-state index contributed by atoms with van der Waals surface area (Å²) in [6.45, 7) is 3.47. The molecule has 2 N–H and O–H groups in total. The fraction of sp³-hybridized carbons (Fsp3) is 0.474. The number of amides is 2. The molecule has 134 valence electrons. The van der Waals surface area contributed by atoms with Crippen molar-refractivity contribution in [2.45, 2.75) is 45.2 Å². The zero-order chi connectivity index (χ0) is 17.6. The number of hydrogen-bond acceptors (Lipinski definition) is 3. The molecule has 0 aliphatic heterocycles. The maximum atomic E-state index is 12.5. The van der Waals surface area contributed by atoms with Crippen LogP contribution in [0.4, 0.5) is 10.5 Å². The van der Waals surface area contributed by atoms with Gasteiger partial charge in [-0.15, -0.1) is 0 Å². The van der Waals surface area contributed by atoms with Crippen LogP contribution in [0.5, 0.6) is 0 Å². The van der Waals surface area contributed by atoms with Gasteiger partial charge in [-0.3, -0.25) is 0 Å². The summed E-state index contributed by atoms with van der Waals surface area (Å²) >= 11 is 0. The van der Waals surface area contributed by atoms with Crippen LogP contribution in [-0.4, -0.2) is 44.8 Å². The lowest BCUT2D eigenvalue weighted by atomic mass is 10.2. The fourth-order valence-corrected chi connectivity index (χ4v) is 2.95. The molecule has 0 radical (unpaired) electrons. The third-order valence-corrected chi connectivity index (χ3v) is 4.43. The quantitative estimate of drug-likeness (QED) is 0.773. The lowest BCUT2D eigenvalue weighted by Crippen LogP contribution is -2.38. The molecule has 1 aromatic carbocycles. The van der Waals surface area contributed by atoms with Crippen LogP contribution in [0.25, 0.3) is 11.4 Å². The van der Waals surface area contributed by atoms with Crippen molar-refractivity contribution in [2.75, 3.05) is 18.5 Å². The van der Waals surface area contributed by atoms with Gasteiger partial charge in [-0.25, -0.2) is 9.78 Å². The maximum absolute atomic E-state index is 12.5. The monoisotopic (exact) mass is 342 g/mol. The molecular weight excluding hydrogens is 316 g/mol. The number of carbonyl (C=O) groups excluding carboxylic acids is 1. The Hall–Kier alpha value is -2.34. The standard InChI is InChI=1S/C19H26N4O2/c1-2-3-10-22-11-9-20-18(22)15-5-4-6-16(14-15)21-19(25)23(12-13-24)17-7-8-17/h4-6,9,11,14,17,24H,2-3,7-8,10,12-13H2,1H3,(H,21,25). The van der Waals surface area contributed by atoms with Gasteiger partial charge >= 0.3 is 6.03 Å². The van der Waals surface area contributed by atoms with Gasteiger partial charge in [0.1, 0.15) is 5.82 Å². The zero-order valence-electron chi connectivity index (χ0n) is 14.7. The van der Waals surface area contributed by atoms with Crippen molar-refractivity contribution >= 4 is 11.7 Å². The van der Waals surface area contributed by atoms with Crippen molar-refractivity contribution in [3.05, 3.63) is 36.7 Å². The Bertz CT molecular complexity index is 709. The van der Waals surface area contributed by atoms with E-state index >= 15 is 0 Å². The number of aryl methyl sites for hydroxylation is 1. The van der Waals surface area contributed by atoms with Crippen LogP contribution in [0.3, 0.4) is 0 Å². The summed E-state index contributed by atoms with van der Waals surface area (Å²) in [5.74, 6) is 0.916. The van der Waals surface area contributed by atoms with E-state index in [0.29, 0.717) is 6.54 Å². The second kappa shape index (κ2) is 8.16. The van der Waals surface area contributed by atoms with Gasteiger partial charge in [0, 0.05) is 42.8 Å². The second-order valence-electron chi connectivity index (χ2n) is 6.46.